The molecule has 0 amide bonds. The Balaban J connectivity index is 3.71. The van der Waals surface area contributed by atoms with E-state index < -0.39 is 0 Å². The van der Waals surface area contributed by atoms with Crippen molar-refractivity contribution in [2.24, 2.45) is 4.99 Å². The first-order valence-electron chi connectivity index (χ1n) is 3.09. The summed E-state index contributed by atoms with van der Waals surface area (Å²) in [5.41, 5.74) is 1.05. The van der Waals surface area contributed by atoms with Crippen LogP contribution in [0.15, 0.2) is 28.9 Å². The summed E-state index contributed by atoms with van der Waals surface area (Å²) in [7, 11) is 0. The van der Waals surface area contributed by atoms with Crippen LogP contribution in [0.4, 0.5) is 0 Å². The summed E-state index contributed by atoms with van der Waals surface area (Å²) in [5.74, 6) is 0. The zero-order valence-corrected chi connectivity index (χ0v) is 6.26. The Labute approximate surface area is 56.8 Å². The van der Waals surface area contributed by atoms with Gasteiger partial charge in [-0.05, 0) is 26.8 Å². The number of allylic oxidation sites excluding steroid dienone is 4. The first-order chi connectivity index (χ1) is 4.31. The number of hydrogen-bond donors (Lipinski definition) is 0. The van der Waals surface area contributed by atoms with Gasteiger partial charge in [0, 0.05) is 11.9 Å². The molecular formula is C8H13N. The molecule has 0 N–H and O–H groups in total. The van der Waals surface area contributed by atoms with E-state index in [0.29, 0.717) is 0 Å². The maximum atomic E-state index is 4.08. The highest BCUT2D eigenvalue weighted by molar-refractivity contribution is 5.71. The number of aliphatic imine (C=N–C) groups is 1. The van der Waals surface area contributed by atoms with E-state index in [2.05, 4.69) is 4.99 Å². The van der Waals surface area contributed by atoms with Gasteiger partial charge in [-0.15, -0.1) is 0 Å². The second-order valence-corrected chi connectivity index (χ2v) is 1.73. The first kappa shape index (κ1) is 8.15. The highest BCUT2D eigenvalue weighted by Crippen LogP contribution is 1.90. The van der Waals surface area contributed by atoms with Gasteiger partial charge in [-0.1, -0.05) is 12.2 Å². The number of rotatable bonds is 2. The fourth-order valence-electron chi connectivity index (χ4n) is 0.321. The van der Waals surface area contributed by atoms with Crippen LogP contribution in [0.1, 0.15) is 20.8 Å². The minimum Gasteiger partial charge on any atom is -0.262 e. The molecule has 50 valence electrons. The lowest BCUT2D eigenvalue weighted by Crippen LogP contribution is -1.67. The van der Waals surface area contributed by atoms with Crippen LogP contribution in [-0.4, -0.2) is 6.21 Å². The second kappa shape index (κ2) is 5.29. The van der Waals surface area contributed by atoms with Crippen molar-refractivity contribution in [3.05, 3.63) is 23.9 Å². The monoisotopic (exact) mass is 123 g/mol. The van der Waals surface area contributed by atoms with Crippen LogP contribution < -0.4 is 0 Å². The van der Waals surface area contributed by atoms with Crippen LogP contribution >= 0.6 is 0 Å². The molecule has 0 radical (unpaired) electrons. The highest BCUT2D eigenvalue weighted by Gasteiger charge is 1.72. The number of nitrogens with zero attached hydrogens (tertiary/aromatic N) is 1. The van der Waals surface area contributed by atoms with Crippen molar-refractivity contribution < 1.29 is 0 Å². The van der Waals surface area contributed by atoms with Crippen LogP contribution in [0, 0.1) is 0 Å². The molecule has 0 saturated carbocycles. The van der Waals surface area contributed by atoms with Gasteiger partial charge in [0.1, 0.15) is 0 Å². The molecule has 0 bridgehead atoms. The molecule has 0 rings (SSSR count). The Bertz CT molecular complexity index is 141. The fourth-order valence-corrected chi connectivity index (χ4v) is 0.321. The van der Waals surface area contributed by atoms with E-state index >= 15 is 0 Å². The molecule has 0 aromatic heterocycles. The van der Waals surface area contributed by atoms with E-state index in [9.17, 15) is 0 Å². The maximum Gasteiger partial charge on any atom is 0.0330 e. The predicted molar refractivity (Wildman–Crippen MR) is 42.7 cm³/mol. The zero-order chi connectivity index (χ0) is 7.11. The average molecular weight is 123 g/mol. The molecule has 0 aliphatic carbocycles. The van der Waals surface area contributed by atoms with Gasteiger partial charge >= 0.3 is 0 Å². The molecule has 0 heterocycles. The lowest BCUT2D eigenvalue weighted by molar-refractivity contribution is 1.30. The third-order valence-corrected chi connectivity index (χ3v) is 0.974. The molecule has 0 aromatic carbocycles. The standard InChI is InChI=1S/C8H13N/c1-4-6-7-9-8(3)5-2/h4-7H,1-3H3/b6-4-,8-5-,9-7-. The molecule has 0 atom stereocenters. The Morgan fingerprint density at radius 2 is 2.00 bits per heavy atom. The Morgan fingerprint density at radius 1 is 1.33 bits per heavy atom. The van der Waals surface area contributed by atoms with Crippen LogP contribution in [-0.2, 0) is 0 Å². The first-order valence-corrected chi connectivity index (χ1v) is 3.09. The minimum absolute atomic E-state index is 1.05. The van der Waals surface area contributed by atoms with Crippen molar-refractivity contribution >= 4 is 6.21 Å². The molecule has 0 fully saturated rings. The summed E-state index contributed by atoms with van der Waals surface area (Å²) in [6, 6.07) is 0. The molecule has 0 saturated heterocycles. The van der Waals surface area contributed by atoms with Crippen molar-refractivity contribution in [1.82, 2.24) is 0 Å². The van der Waals surface area contributed by atoms with Crippen molar-refractivity contribution in [2.45, 2.75) is 20.8 Å². The van der Waals surface area contributed by atoms with E-state index in [1.807, 2.05) is 39.0 Å². The van der Waals surface area contributed by atoms with Crippen LogP contribution in [0.25, 0.3) is 0 Å². The van der Waals surface area contributed by atoms with Crippen LogP contribution in [0.3, 0.4) is 0 Å². The third kappa shape index (κ3) is 5.01. The molecule has 1 heteroatoms. The van der Waals surface area contributed by atoms with E-state index in [1.165, 1.54) is 0 Å². The van der Waals surface area contributed by atoms with E-state index in [0.717, 1.165) is 5.70 Å². The van der Waals surface area contributed by atoms with E-state index in [4.69, 9.17) is 0 Å². The SMILES string of the molecule is C\C=C/C=N\C(C)=C/C. The molecule has 1 nitrogen and oxygen atoms in total. The fraction of sp³-hybridized carbons (Fsp3) is 0.375. The number of hydrogen-bond acceptors (Lipinski definition) is 1. The summed E-state index contributed by atoms with van der Waals surface area (Å²) < 4.78 is 0. The second-order valence-electron chi connectivity index (χ2n) is 1.73. The van der Waals surface area contributed by atoms with Gasteiger partial charge in [0.25, 0.3) is 0 Å². The van der Waals surface area contributed by atoms with Gasteiger partial charge in [0.05, 0.1) is 0 Å². The van der Waals surface area contributed by atoms with Crippen molar-refractivity contribution in [3.8, 4) is 0 Å². The van der Waals surface area contributed by atoms with Gasteiger partial charge in [-0.3, -0.25) is 4.99 Å². The maximum absolute atomic E-state index is 4.08. The van der Waals surface area contributed by atoms with Crippen molar-refractivity contribution in [2.75, 3.05) is 0 Å². The van der Waals surface area contributed by atoms with Gasteiger partial charge in [0.15, 0.2) is 0 Å². The summed E-state index contributed by atoms with van der Waals surface area (Å²) in [6.45, 7) is 5.92. The molecule has 0 aliphatic rings. The Morgan fingerprint density at radius 3 is 2.44 bits per heavy atom. The summed E-state index contributed by atoms with van der Waals surface area (Å²) in [5, 5.41) is 0. The van der Waals surface area contributed by atoms with Gasteiger partial charge in [-0.25, -0.2) is 0 Å². The highest BCUT2D eigenvalue weighted by atomic mass is 14.7. The Hall–Kier alpha value is -0.850. The average Bonchev–Trinajstić information content (AvgIpc) is 1.89. The zero-order valence-electron chi connectivity index (χ0n) is 6.26. The predicted octanol–water partition coefficient (Wildman–Crippen LogP) is 2.56. The largest absolute Gasteiger partial charge is 0.262 e. The van der Waals surface area contributed by atoms with Crippen LogP contribution in [0.5, 0.6) is 0 Å². The summed E-state index contributed by atoms with van der Waals surface area (Å²) >= 11 is 0. The van der Waals surface area contributed by atoms with Crippen molar-refractivity contribution in [3.63, 3.8) is 0 Å². The lowest BCUT2D eigenvalue weighted by atomic mass is 10.5. The van der Waals surface area contributed by atoms with E-state index in [1.54, 1.807) is 6.21 Å². The van der Waals surface area contributed by atoms with Crippen molar-refractivity contribution in [1.29, 1.82) is 0 Å². The van der Waals surface area contributed by atoms with E-state index in [-0.39, 0.29) is 0 Å². The quantitative estimate of drug-likeness (QED) is 0.500. The molecule has 0 unspecified atom stereocenters. The van der Waals surface area contributed by atoms with Crippen LogP contribution in [0.2, 0.25) is 0 Å². The molecule has 9 heavy (non-hydrogen) atoms. The molecular weight excluding hydrogens is 110 g/mol. The van der Waals surface area contributed by atoms with Gasteiger partial charge in [-0.2, -0.15) is 0 Å². The van der Waals surface area contributed by atoms with Gasteiger partial charge in [0.2, 0.25) is 0 Å². The topological polar surface area (TPSA) is 12.4 Å². The van der Waals surface area contributed by atoms with Gasteiger partial charge < -0.3 is 0 Å². The summed E-state index contributed by atoms with van der Waals surface area (Å²) in [4.78, 5) is 4.08. The molecule has 0 aliphatic heterocycles. The third-order valence-electron chi connectivity index (χ3n) is 0.974. The Kier molecular flexibility index (Phi) is 4.79. The smallest absolute Gasteiger partial charge is 0.0330 e. The molecule has 0 spiro atoms. The molecule has 0 aromatic rings. The summed E-state index contributed by atoms with van der Waals surface area (Å²) in [6.07, 6.45) is 7.62. The minimum atomic E-state index is 1.05. The lowest BCUT2D eigenvalue weighted by Gasteiger charge is -1.83. The normalized spacial score (nSPS) is 13.9.